The Morgan fingerprint density at radius 3 is 2.42 bits per heavy atom. The first-order chi connectivity index (χ1) is 8.93. The van der Waals surface area contributed by atoms with Gasteiger partial charge in [-0.25, -0.2) is 0 Å². The number of ketones is 1. The first kappa shape index (κ1) is 13.7. The van der Waals surface area contributed by atoms with E-state index in [0.29, 0.717) is 17.0 Å². The molecule has 0 N–H and O–H groups in total. The Morgan fingerprint density at radius 1 is 1.26 bits per heavy atom. The normalized spacial score (nSPS) is 11.6. The molecule has 3 nitrogen and oxygen atoms in total. The zero-order valence-corrected chi connectivity index (χ0v) is 10.7. The number of aromatic nitrogens is 2. The molecule has 19 heavy (non-hydrogen) atoms. The van der Waals surface area contributed by atoms with Crippen molar-refractivity contribution < 1.29 is 18.0 Å². The van der Waals surface area contributed by atoms with Gasteiger partial charge in [0.2, 0.25) is 5.78 Å². The molecule has 0 unspecified atom stereocenters. The SMILES string of the molecule is CCc1nnsc1C(=O)c1ccc(C(F)(F)F)cc1. The number of rotatable bonds is 3. The fraction of sp³-hybridized carbons (Fsp3) is 0.250. The predicted octanol–water partition coefficient (Wildman–Crippen LogP) is 3.35. The largest absolute Gasteiger partial charge is 0.416 e. The van der Waals surface area contributed by atoms with Crippen molar-refractivity contribution in [3.8, 4) is 0 Å². The molecule has 0 atom stereocenters. The summed E-state index contributed by atoms with van der Waals surface area (Å²) < 4.78 is 40.9. The highest BCUT2D eigenvalue weighted by Crippen LogP contribution is 2.29. The van der Waals surface area contributed by atoms with Crippen LogP contribution in [0.3, 0.4) is 0 Å². The van der Waals surface area contributed by atoms with Gasteiger partial charge in [-0.1, -0.05) is 23.5 Å². The molecule has 0 saturated heterocycles. The van der Waals surface area contributed by atoms with Crippen LogP contribution in [-0.2, 0) is 12.6 Å². The number of alkyl halides is 3. The third kappa shape index (κ3) is 2.81. The Bertz CT molecular complexity index is 590. The molecule has 7 heteroatoms. The Labute approximate surface area is 111 Å². The maximum Gasteiger partial charge on any atom is 0.416 e. The van der Waals surface area contributed by atoms with Crippen molar-refractivity contribution in [3.05, 3.63) is 46.0 Å². The number of hydrogen-bond donors (Lipinski definition) is 0. The van der Waals surface area contributed by atoms with Crippen LogP contribution >= 0.6 is 11.5 Å². The Balaban J connectivity index is 2.30. The number of aryl methyl sites for hydroxylation is 1. The molecule has 2 aromatic rings. The molecule has 0 saturated carbocycles. The van der Waals surface area contributed by atoms with Crippen molar-refractivity contribution in [1.82, 2.24) is 9.59 Å². The molecule has 0 aliphatic carbocycles. The van der Waals surface area contributed by atoms with E-state index in [-0.39, 0.29) is 11.3 Å². The van der Waals surface area contributed by atoms with Gasteiger partial charge in [0.05, 0.1) is 11.3 Å². The van der Waals surface area contributed by atoms with Crippen LogP contribution in [-0.4, -0.2) is 15.4 Å². The van der Waals surface area contributed by atoms with Crippen LogP contribution in [0, 0.1) is 0 Å². The highest BCUT2D eigenvalue weighted by atomic mass is 32.1. The van der Waals surface area contributed by atoms with Crippen molar-refractivity contribution in [3.63, 3.8) is 0 Å². The van der Waals surface area contributed by atoms with Crippen LogP contribution in [0.25, 0.3) is 0 Å². The van der Waals surface area contributed by atoms with E-state index in [4.69, 9.17) is 0 Å². The lowest BCUT2D eigenvalue weighted by Gasteiger charge is -2.06. The summed E-state index contributed by atoms with van der Waals surface area (Å²) in [5.74, 6) is -0.347. The smallest absolute Gasteiger partial charge is 0.288 e. The van der Waals surface area contributed by atoms with E-state index < -0.39 is 11.7 Å². The van der Waals surface area contributed by atoms with Crippen LogP contribution in [0.1, 0.15) is 33.4 Å². The summed E-state index contributed by atoms with van der Waals surface area (Å²) >= 11 is 0.954. The molecule has 0 radical (unpaired) electrons. The van der Waals surface area contributed by atoms with Crippen molar-refractivity contribution in [2.45, 2.75) is 19.5 Å². The van der Waals surface area contributed by atoms with Gasteiger partial charge in [-0.15, -0.1) is 5.10 Å². The van der Waals surface area contributed by atoms with Crippen LogP contribution < -0.4 is 0 Å². The molecule has 0 aliphatic heterocycles. The molecule has 100 valence electrons. The van der Waals surface area contributed by atoms with E-state index >= 15 is 0 Å². The molecule has 0 amide bonds. The number of carbonyl (C=O) groups is 1. The number of carbonyl (C=O) groups excluding carboxylic acids is 1. The Hall–Kier alpha value is -1.76. The minimum absolute atomic E-state index is 0.203. The van der Waals surface area contributed by atoms with Gasteiger partial charge < -0.3 is 0 Å². The van der Waals surface area contributed by atoms with Crippen LogP contribution in [0.2, 0.25) is 0 Å². The predicted molar refractivity (Wildman–Crippen MR) is 64.2 cm³/mol. The van der Waals surface area contributed by atoms with Crippen LogP contribution in [0.4, 0.5) is 13.2 Å². The van der Waals surface area contributed by atoms with Gasteiger partial charge in [0.15, 0.2) is 0 Å². The summed E-state index contributed by atoms with van der Waals surface area (Å²) in [6, 6.07) is 4.13. The minimum Gasteiger partial charge on any atom is -0.288 e. The minimum atomic E-state index is -4.40. The highest BCUT2D eigenvalue weighted by Gasteiger charge is 2.30. The lowest BCUT2D eigenvalue weighted by atomic mass is 10.1. The molecule has 0 bridgehead atoms. The second-order valence-electron chi connectivity index (χ2n) is 3.81. The number of halogens is 3. The quantitative estimate of drug-likeness (QED) is 0.813. The van der Waals surface area contributed by atoms with Crippen molar-refractivity contribution in [2.24, 2.45) is 0 Å². The summed E-state index contributed by atoms with van der Waals surface area (Å²) in [5.41, 5.74) is -0.00848. The Morgan fingerprint density at radius 2 is 1.89 bits per heavy atom. The monoisotopic (exact) mass is 286 g/mol. The van der Waals surface area contributed by atoms with E-state index in [1.807, 2.05) is 6.92 Å². The maximum absolute atomic E-state index is 12.4. The topological polar surface area (TPSA) is 42.9 Å². The molecule has 1 aromatic carbocycles. The van der Waals surface area contributed by atoms with Gasteiger partial charge in [0.25, 0.3) is 0 Å². The van der Waals surface area contributed by atoms with E-state index in [1.165, 1.54) is 12.1 Å². The fourth-order valence-electron chi connectivity index (χ4n) is 1.55. The van der Waals surface area contributed by atoms with E-state index in [2.05, 4.69) is 9.59 Å². The molecule has 0 spiro atoms. The Kier molecular flexibility index (Phi) is 3.66. The molecule has 1 aromatic heterocycles. The van der Waals surface area contributed by atoms with Crippen LogP contribution in [0.15, 0.2) is 24.3 Å². The average Bonchev–Trinajstić information content (AvgIpc) is 2.85. The molecule has 0 fully saturated rings. The number of benzene rings is 1. The summed E-state index contributed by atoms with van der Waals surface area (Å²) in [6.45, 7) is 1.83. The summed E-state index contributed by atoms with van der Waals surface area (Å²) in [7, 11) is 0. The lowest BCUT2D eigenvalue weighted by molar-refractivity contribution is -0.137. The second kappa shape index (κ2) is 5.08. The fourth-order valence-corrected chi connectivity index (χ4v) is 2.27. The van der Waals surface area contributed by atoms with Crippen molar-refractivity contribution in [2.75, 3.05) is 0 Å². The lowest BCUT2D eigenvalue weighted by Crippen LogP contribution is -2.07. The summed E-state index contributed by atoms with van der Waals surface area (Å²) in [6.07, 6.45) is -3.85. The van der Waals surface area contributed by atoms with Gasteiger partial charge >= 0.3 is 6.18 Å². The van der Waals surface area contributed by atoms with Gasteiger partial charge in [0.1, 0.15) is 4.88 Å². The van der Waals surface area contributed by atoms with Gasteiger partial charge in [-0.3, -0.25) is 4.79 Å². The molecule has 0 aliphatic rings. The third-order valence-electron chi connectivity index (χ3n) is 2.57. The molecular formula is C12H9F3N2OS. The summed E-state index contributed by atoms with van der Waals surface area (Å²) in [4.78, 5) is 12.5. The van der Waals surface area contributed by atoms with Gasteiger partial charge in [-0.05, 0) is 30.1 Å². The average molecular weight is 286 g/mol. The number of nitrogens with zero attached hydrogens (tertiary/aromatic N) is 2. The van der Waals surface area contributed by atoms with E-state index in [0.717, 1.165) is 23.7 Å². The maximum atomic E-state index is 12.4. The van der Waals surface area contributed by atoms with Gasteiger partial charge in [-0.2, -0.15) is 13.2 Å². The highest BCUT2D eigenvalue weighted by molar-refractivity contribution is 7.08. The first-order valence-electron chi connectivity index (χ1n) is 5.46. The zero-order chi connectivity index (χ0) is 14.0. The van der Waals surface area contributed by atoms with E-state index in [9.17, 15) is 18.0 Å². The number of hydrogen-bond acceptors (Lipinski definition) is 4. The molecular weight excluding hydrogens is 277 g/mol. The first-order valence-corrected chi connectivity index (χ1v) is 6.24. The second-order valence-corrected chi connectivity index (χ2v) is 4.56. The standard InChI is InChI=1S/C12H9F3N2OS/c1-2-9-11(19-17-16-9)10(18)7-3-5-8(6-4-7)12(13,14)15/h3-6H,2H2,1H3. The van der Waals surface area contributed by atoms with Crippen molar-refractivity contribution in [1.29, 1.82) is 0 Å². The van der Waals surface area contributed by atoms with Gasteiger partial charge in [0, 0.05) is 5.56 Å². The zero-order valence-electron chi connectivity index (χ0n) is 9.86. The molecule has 2 rings (SSSR count). The van der Waals surface area contributed by atoms with E-state index in [1.54, 1.807) is 0 Å². The van der Waals surface area contributed by atoms with Crippen LogP contribution in [0.5, 0.6) is 0 Å². The third-order valence-corrected chi connectivity index (χ3v) is 3.34. The molecule has 1 heterocycles. The van der Waals surface area contributed by atoms with Crippen molar-refractivity contribution >= 4 is 17.3 Å². The summed E-state index contributed by atoms with van der Waals surface area (Å²) in [5, 5.41) is 3.81.